The highest BCUT2D eigenvalue weighted by atomic mass is 19.4. The zero-order chi connectivity index (χ0) is 17.3. The normalized spacial score (nSPS) is 21.0. The number of anilines is 1. The molecule has 1 aromatic heterocycles. The molecule has 0 saturated carbocycles. The molecule has 0 unspecified atom stereocenters. The van der Waals surface area contributed by atoms with Crippen LogP contribution in [0.2, 0.25) is 0 Å². The average molecular weight is 332 g/mol. The first-order valence-corrected chi connectivity index (χ1v) is 7.12. The number of hydrogen-bond acceptors (Lipinski definition) is 4. The number of alkyl halides is 3. The van der Waals surface area contributed by atoms with E-state index in [1.165, 1.54) is 38.4 Å². The predicted molar refractivity (Wildman–Crippen MR) is 77.1 cm³/mol. The number of likely N-dealkylation sites (tertiary alicyclic amines) is 1. The highest BCUT2D eigenvalue weighted by molar-refractivity contribution is 5.90. The zero-order valence-electron chi connectivity index (χ0n) is 13.1. The van der Waals surface area contributed by atoms with E-state index >= 15 is 0 Å². The number of carbonyl (C=O) groups is 1. The Morgan fingerprint density at radius 3 is 2.74 bits per heavy atom. The van der Waals surface area contributed by atoms with Crippen molar-refractivity contribution < 1.29 is 22.7 Å². The van der Waals surface area contributed by atoms with Crippen molar-refractivity contribution in [2.45, 2.75) is 26.4 Å². The fourth-order valence-electron chi connectivity index (χ4n) is 2.90. The lowest BCUT2D eigenvalue weighted by Crippen LogP contribution is -2.53. The SMILES string of the molecule is COc1ncncc1NC(=O)N1CC[C@H](C(F)(F)F)C(C)(C)C1. The molecule has 0 aromatic carbocycles. The lowest BCUT2D eigenvalue weighted by molar-refractivity contribution is -0.214. The molecule has 1 aromatic rings. The van der Waals surface area contributed by atoms with Gasteiger partial charge in [-0.2, -0.15) is 18.2 Å². The van der Waals surface area contributed by atoms with Crippen LogP contribution in [0.3, 0.4) is 0 Å². The van der Waals surface area contributed by atoms with E-state index in [1.807, 2.05) is 0 Å². The van der Waals surface area contributed by atoms with Gasteiger partial charge in [0.1, 0.15) is 12.0 Å². The minimum absolute atomic E-state index is 0.0129. The largest absolute Gasteiger partial charge is 0.479 e. The molecule has 2 rings (SSSR count). The second kappa shape index (κ2) is 6.21. The summed E-state index contributed by atoms with van der Waals surface area (Å²) in [6.45, 7) is 3.10. The molecular formula is C14H19F3N4O2. The van der Waals surface area contributed by atoms with Gasteiger partial charge in [0.25, 0.3) is 0 Å². The van der Waals surface area contributed by atoms with Crippen LogP contribution in [0.1, 0.15) is 20.3 Å². The molecule has 1 saturated heterocycles. The zero-order valence-corrected chi connectivity index (χ0v) is 13.1. The van der Waals surface area contributed by atoms with Gasteiger partial charge < -0.3 is 15.0 Å². The van der Waals surface area contributed by atoms with E-state index in [2.05, 4.69) is 15.3 Å². The van der Waals surface area contributed by atoms with Gasteiger partial charge in [-0.05, 0) is 11.8 Å². The Morgan fingerprint density at radius 1 is 1.48 bits per heavy atom. The fraction of sp³-hybridized carbons (Fsp3) is 0.643. The maximum absolute atomic E-state index is 13.1. The summed E-state index contributed by atoms with van der Waals surface area (Å²) in [4.78, 5) is 21.3. The number of hydrogen-bond donors (Lipinski definition) is 1. The summed E-state index contributed by atoms with van der Waals surface area (Å²) in [6.07, 6.45) is -1.74. The lowest BCUT2D eigenvalue weighted by atomic mass is 9.73. The van der Waals surface area contributed by atoms with Gasteiger partial charge in [0, 0.05) is 13.1 Å². The molecule has 1 aliphatic heterocycles. The van der Waals surface area contributed by atoms with Gasteiger partial charge in [0.05, 0.1) is 19.2 Å². The first kappa shape index (κ1) is 17.3. The molecule has 9 heteroatoms. The van der Waals surface area contributed by atoms with Crippen molar-refractivity contribution >= 4 is 11.7 Å². The summed E-state index contributed by atoms with van der Waals surface area (Å²) in [7, 11) is 1.40. The number of amides is 2. The number of urea groups is 1. The van der Waals surface area contributed by atoms with E-state index in [4.69, 9.17) is 4.74 Å². The third kappa shape index (κ3) is 3.83. The summed E-state index contributed by atoms with van der Waals surface area (Å²) in [6, 6.07) is -0.494. The molecule has 0 aliphatic carbocycles. The maximum atomic E-state index is 13.1. The summed E-state index contributed by atoms with van der Waals surface area (Å²) >= 11 is 0. The van der Waals surface area contributed by atoms with Crippen LogP contribution in [0.15, 0.2) is 12.5 Å². The molecule has 1 fully saturated rings. The van der Waals surface area contributed by atoms with Crippen LogP contribution in [-0.2, 0) is 0 Å². The minimum Gasteiger partial charge on any atom is -0.479 e. The monoisotopic (exact) mass is 332 g/mol. The number of piperidine rings is 1. The van der Waals surface area contributed by atoms with Gasteiger partial charge in [0.15, 0.2) is 0 Å². The van der Waals surface area contributed by atoms with E-state index in [9.17, 15) is 18.0 Å². The summed E-state index contributed by atoms with van der Waals surface area (Å²) in [5.74, 6) is -1.23. The first-order chi connectivity index (χ1) is 10.6. The molecule has 2 amide bonds. The second-order valence-electron chi connectivity index (χ2n) is 6.17. The summed E-state index contributed by atoms with van der Waals surface area (Å²) < 4.78 is 44.2. The molecule has 1 aliphatic rings. The Labute approximate surface area is 132 Å². The highest BCUT2D eigenvalue weighted by Gasteiger charge is 2.51. The number of methoxy groups -OCH3 is 1. The molecule has 23 heavy (non-hydrogen) atoms. The Morgan fingerprint density at radius 2 is 2.17 bits per heavy atom. The molecule has 6 nitrogen and oxygen atoms in total. The van der Waals surface area contributed by atoms with Crippen LogP contribution >= 0.6 is 0 Å². The van der Waals surface area contributed by atoms with Crippen LogP contribution in [0, 0.1) is 11.3 Å². The Bertz CT molecular complexity index is 577. The summed E-state index contributed by atoms with van der Waals surface area (Å²) in [5.41, 5.74) is -0.777. The number of aromatic nitrogens is 2. The van der Waals surface area contributed by atoms with Crippen LogP contribution in [-0.4, -0.2) is 47.3 Å². The molecule has 0 spiro atoms. The third-order valence-electron chi connectivity index (χ3n) is 4.02. The van der Waals surface area contributed by atoms with Crippen LogP contribution in [0.4, 0.5) is 23.7 Å². The molecule has 1 N–H and O–H groups in total. The predicted octanol–water partition coefficient (Wildman–Crippen LogP) is 2.93. The standard InChI is InChI=1S/C14H19F3N4O2/c1-13(2)7-21(5-4-10(13)14(15,16)17)12(22)20-9-6-18-8-19-11(9)23-3/h6,8,10H,4-5,7H2,1-3H3,(H,20,22)/t10-/m0/s1. The van der Waals surface area contributed by atoms with Crippen molar-refractivity contribution in [3.05, 3.63) is 12.5 Å². The van der Waals surface area contributed by atoms with Crippen molar-refractivity contribution in [1.82, 2.24) is 14.9 Å². The molecule has 128 valence electrons. The van der Waals surface area contributed by atoms with Crippen molar-refractivity contribution in [3.63, 3.8) is 0 Å². The smallest absolute Gasteiger partial charge is 0.392 e. The summed E-state index contributed by atoms with van der Waals surface area (Å²) in [5, 5.41) is 2.58. The maximum Gasteiger partial charge on any atom is 0.392 e. The number of ether oxygens (including phenoxy) is 1. The number of nitrogens with one attached hydrogen (secondary N) is 1. The van der Waals surface area contributed by atoms with Crippen LogP contribution in [0.5, 0.6) is 5.88 Å². The van der Waals surface area contributed by atoms with Crippen molar-refractivity contribution in [3.8, 4) is 5.88 Å². The second-order valence-corrected chi connectivity index (χ2v) is 6.17. The molecular weight excluding hydrogens is 313 g/mol. The van der Waals surface area contributed by atoms with E-state index in [0.717, 1.165) is 0 Å². The average Bonchev–Trinajstić information content (AvgIpc) is 2.45. The van der Waals surface area contributed by atoms with Crippen molar-refractivity contribution in [1.29, 1.82) is 0 Å². The molecule has 2 heterocycles. The van der Waals surface area contributed by atoms with E-state index in [-0.39, 0.29) is 31.1 Å². The lowest BCUT2D eigenvalue weighted by Gasteiger charge is -2.44. The molecule has 0 bridgehead atoms. The fourth-order valence-corrected chi connectivity index (χ4v) is 2.90. The van der Waals surface area contributed by atoms with Gasteiger partial charge in [-0.25, -0.2) is 9.78 Å². The van der Waals surface area contributed by atoms with Crippen molar-refractivity contribution in [2.75, 3.05) is 25.5 Å². The quantitative estimate of drug-likeness (QED) is 0.904. The minimum atomic E-state index is -4.26. The topological polar surface area (TPSA) is 67.4 Å². The molecule has 1 atom stereocenters. The molecule has 0 radical (unpaired) electrons. The Balaban J connectivity index is 2.08. The Hall–Kier alpha value is -2.06. The number of carbonyl (C=O) groups excluding carboxylic acids is 1. The number of halogens is 3. The van der Waals surface area contributed by atoms with Crippen molar-refractivity contribution in [2.24, 2.45) is 11.3 Å². The van der Waals surface area contributed by atoms with E-state index in [1.54, 1.807) is 0 Å². The van der Waals surface area contributed by atoms with E-state index < -0.39 is 23.5 Å². The van der Waals surface area contributed by atoms with E-state index in [0.29, 0.717) is 0 Å². The van der Waals surface area contributed by atoms with Gasteiger partial charge in [-0.3, -0.25) is 0 Å². The first-order valence-electron chi connectivity index (χ1n) is 7.12. The van der Waals surface area contributed by atoms with Gasteiger partial charge >= 0.3 is 12.2 Å². The number of rotatable bonds is 2. The van der Waals surface area contributed by atoms with Crippen LogP contribution in [0.25, 0.3) is 0 Å². The Kier molecular flexibility index (Phi) is 4.67. The third-order valence-corrected chi connectivity index (χ3v) is 4.02. The van der Waals surface area contributed by atoms with Gasteiger partial charge in [-0.1, -0.05) is 13.8 Å². The van der Waals surface area contributed by atoms with Crippen LogP contribution < -0.4 is 10.1 Å². The highest BCUT2D eigenvalue weighted by Crippen LogP contribution is 2.45. The van der Waals surface area contributed by atoms with Gasteiger partial charge in [-0.15, -0.1) is 0 Å². The van der Waals surface area contributed by atoms with Gasteiger partial charge in [0.2, 0.25) is 5.88 Å². The number of nitrogens with zero attached hydrogens (tertiary/aromatic N) is 3.